The SMILES string of the molecule is c1ccc(-c2cccc(-n3c4ccccc4c4cc(-c5ccc6oc7cccc(C8NC(c9ccc%10c(c9)sc9ccccc9%10)=NC(c9ccccc9)N8)c7c6c5)ccc43)c2)cc1. The average molecular weight is 827 g/mol. The minimum atomic E-state index is -0.260. The van der Waals surface area contributed by atoms with Crippen molar-refractivity contribution in [1.29, 1.82) is 0 Å². The lowest BCUT2D eigenvalue weighted by Gasteiger charge is -2.32. The van der Waals surface area contributed by atoms with Crippen LogP contribution in [0.25, 0.3) is 91.9 Å². The van der Waals surface area contributed by atoms with Crippen LogP contribution in [0.3, 0.4) is 0 Å². The summed E-state index contributed by atoms with van der Waals surface area (Å²) in [5.74, 6) is 0.858. The number of hydrogen-bond acceptors (Lipinski definition) is 5. The fourth-order valence-corrected chi connectivity index (χ4v) is 10.9. The fourth-order valence-electron chi connectivity index (χ4n) is 9.70. The van der Waals surface area contributed by atoms with Crippen LogP contribution in [-0.2, 0) is 0 Å². The van der Waals surface area contributed by atoms with Crippen molar-refractivity contribution >= 4 is 81.1 Å². The van der Waals surface area contributed by atoms with Gasteiger partial charge in [-0.05, 0) is 88.5 Å². The van der Waals surface area contributed by atoms with Gasteiger partial charge >= 0.3 is 0 Å². The lowest BCUT2D eigenvalue weighted by atomic mass is 9.98. The smallest absolute Gasteiger partial charge is 0.135 e. The van der Waals surface area contributed by atoms with Crippen LogP contribution in [0.1, 0.15) is 29.0 Å². The van der Waals surface area contributed by atoms with Gasteiger partial charge in [0.05, 0.1) is 11.0 Å². The number of thiophene rings is 1. The van der Waals surface area contributed by atoms with E-state index >= 15 is 0 Å². The lowest BCUT2D eigenvalue weighted by Crippen LogP contribution is -2.45. The molecule has 63 heavy (non-hydrogen) atoms. The minimum absolute atomic E-state index is 0.253. The highest BCUT2D eigenvalue weighted by molar-refractivity contribution is 7.25. The standard InChI is InChI=1S/C57H38N4OS/c1-3-13-35(14-4-1)37-17-11-18-41(31-37)61-48-22-9-7-19-42(48)46-32-38(26-29-49(46)61)39-27-30-50-47(33-39)54-45(21-12-23-51(54)62-50)57-59-55(36-15-5-2-6-16-36)58-56(60-57)40-25-28-44-43-20-8-10-24-52(43)63-53(44)34-40/h1-34,55,57,59H,(H,58,60). The minimum Gasteiger partial charge on any atom is -0.456 e. The summed E-state index contributed by atoms with van der Waals surface area (Å²) in [6.45, 7) is 0. The highest BCUT2D eigenvalue weighted by atomic mass is 32.1. The van der Waals surface area contributed by atoms with Gasteiger partial charge in [-0.25, -0.2) is 4.99 Å². The predicted molar refractivity (Wildman–Crippen MR) is 263 cm³/mol. The quantitative estimate of drug-likeness (QED) is 0.176. The highest BCUT2D eigenvalue weighted by Crippen LogP contribution is 2.41. The van der Waals surface area contributed by atoms with Crippen LogP contribution >= 0.6 is 11.3 Å². The second-order valence-corrected chi connectivity index (χ2v) is 17.5. The first kappa shape index (κ1) is 35.9. The van der Waals surface area contributed by atoms with E-state index in [1.165, 1.54) is 53.1 Å². The molecule has 13 rings (SSSR count). The van der Waals surface area contributed by atoms with Crippen LogP contribution in [-0.4, -0.2) is 10.4 Å². The van der Waals surface area contributed by atoms with Crippen molar-refractivity contribution in [3.05, 3.63) is 223 Å². The number of hydrogen-bond donors (Lipinski definition) is 2. The van der Waals surface area contributed by atoms with E-state index in [1.54, 1.807) is 0 Å². The molecule has 1 aliphatic rings. The maximum atomic E-state index is 6.61. The van der Waals surface area contributed by atoms with Gasteiger partial charge in [0, 0.05) is 58.5 Å². The van der Waals surface area contributed by atoms with Crippen LogP contribution in [0.15, 0.2) is 216 Å². The van der Waals surface area contributed by atoms with E-state index in [2.05, 4.69) is 221 Å². The molecule has 1 aliphatic heterocycles. The Labute approximate surface area is 367 Å². The van der Waals surface area contributed by atoms with E-state index < -0.39 is 0 Å². The molecule has 2 unspecified atom stereocenters. The zero-order valence-corrected chi connectivity index (χ0v) is 34.8. The van der Waals surface area contributed by atoms with E-state index in [0.717, 1.165) is 61.3 Å². The molecule has 6 heteroatoms. The van der Waals surface area contributed by atoms with Gasteiger partial charge in [-0.2, -0.15) is 0 Å². The van der Waals surface area contributed by atoms with E-state index in [-0.39, 0.29) is 12.3 Å². The maximum absolute atomic E-state index is 6.61. The molecule has 2 N–H and O–H groups in total. The fraction of sp³-hybridized carbons (Fsp3) is 0.0351. The van der Waals surface area contributed by atoms with Crippen molar-refractivity contribution < 1.29 is 4.42 Å². The Bertz CT molecular complexity index is 3770. The first-order valence-corrected chi connectivity index (χ1v) is 22.2. The molecule has 3 aromatic heterocycles. The number of aromatic nitrogens is 1. The van der Waals surface area contributed by atoms with E-state index in [9.17, 15) is 0 Å². The summed E-state index contributed by atoms with van der Waals surface area (Å²) in [6.07, 6.45) is -0.513. The van der Waals surface area contributed by atoms with Gasteiger partial charge in [-0.3, -0.25) is 5.32 Å². The molecule has 9 aromatic carbocycles. The molecule has 12 aromatic rings. The van der Waals surface area contributed by atoms with Crippen LogP contribution < -0.4 is 10.6 Å². The molecule has 5 nitrogen and oxygen atoms in total. The van der Waals surface area contributed by atoms with Crippen LogP contribution in [0.4, 0.5) is 0 Å². The van der Waals surface area contributed by atoms with Gasteiger partial charge in [-0.15, -0.1) is 11.3 Å². The average Bonchev–Trinajstić information content (AvgIpc) is 4.03. The Kier molecular flexibility index (Phi) is 8.22. The van der Waals surface area contributed by atoms with Crippen molar-refractivity contribution in [3.8, 4) is 27.9 Å². The Morgan fingerprint density at radius 2 is 1.14 bits per heavy atom. The number of nitrogens with one attached hydrogen (secondary N) is 2. The van der Waals surface area contributed by atoms with Crippen molar-refractivity contribution in [2.24, 2.45) is 4.99 Å². The number of furan rings is 1. The summed E-state index contributed by atoms with van der Waals surface area (Å²) in [7, 11) is 0. The summed E-state index contributed by atoms with van der Waals surface area (Å²) in [5.41, 5.74) is 13.2. The summed E-state index contributed by atoms with van der Waals surface area (Å²) >= 11 is 1.83. The number of nitrogens with zero attached hydrogens (tertiary/aromatic N) is 2. The van der Waals surface area contributed by atoms with Gasteiger partial charge in [0.2, 0.25) is 0 Å². The van der Waals surface area contributed by atoms with Gasteiger partial charge in [0.15, 0.2) is 0 Å². The third-order valence-electron chi connectivity index (χ3n) is 12.7. The number of benzene rings is 9. The van der Waals surface area contributed by atoms with Crippen molar-refractivity contribution in [1.82, 2.24) is 15.2 Å². The molecule has 0 saturated carbocycles. The Balaban J connectivity index is 0.915. The first-order chi connectivity index (χ1) is 31.2. The molecule has 0 amide bonds. The topological polar surface area (TPSA) is 54.5 Å². The van der Waals surface area contributed by atoms with E-state index in [4.69, 9.17) is 9.41 Å². The molecule has 0 bridgehead atoms. The van der Waals surface area contributed by atoms with Gasteiger partial charge < -0.3 is 14.3 Å². The monoisotopic (exact) mass is 826 g/mol. The third kappa shape index (κ3) is 5.98. The largest absolute Gasteiger partial charge is 0.456 e. The van der Waals surface area contributed by atoms with Crippen LogP contribution in [0.2, 0.25) is 0 Å². The molecule has 4 heterocycles. The summed E-state index contributed by atoms with van der Waals surface area (Å²) < 4.78 is 11.5. The summed E-state index contributed by atoms with van der Waals surface area (Å²) in [5, 5.41) is 14.9. The second kappa shape index (κ2) is 14.4. The number of rotatable bonds is 6. The molecule has 0 spiro atoms. The van der Waals surface area contributed by atoms with Crippen LogP contribution in [0.5, 0.6) is 0 Å². The first-order valence-electron chi connectivity index (χ1n) is 21.4. The maximum Gasteiger partial charge on any atom is 0.135 e. The molecular weight excluding hydrogens is 789 g/mol. The Hall–Kier alpha value is -7.77. The zero-order valence-electron chi connectivity index (χ0n) is 34.0. The van der Waals surface area contributed by atoms with E-state index in [1.807, 2.05) is 11.3 Å². The van der Waals surface area contributed by atoms with Crippen molar-refractivity contribution in [2.45, 2.75) is 12.3 Å². The normalized spacial score (nSPS) is 15.5. The summed E-state index contributed by atoms with van der Waals surface area (Å²) in [6, 6.07) is 73.9. The Morgan fingerprint density at radius 3 is 2.03 bits per heavy atom. The molecule has 0 aliphatic carbocycles. The molecular formula is C57H38N4OS. The third-order valence-corrected chi connectivity index (χ3v) is 13.8. The number of para-hydroxylation sites is 1. The molecule has 0 radical (unpaired) electrons. The van der Waals surface area contributed by atoms with Crippen molar-refractivity contribution in [2.75, 3.05) is 0 Å². The number of aliphatic imine (C=N–C) groups is 1. The highest BCUT2D eigenvalue weighted by Gasteiger charge is 2.28. The van der Waals surface area contributed by atoms with Crippen molar-refractivity contribution in [3.63, 3.8) is 0 Å². The summed E-state index contributed by atoms with van der Waals surface area (Å²) in [4.78, 5) is 5.30. The van der Waals surface area contributed by atoms with E-state index in [0.29, 0.717) is 0 Å². The molecule has 298 valence electrons. The number of amidine groups is 1. The molecule has 0 fully saturated rings. The number of fused-ring (bicyclic) bond motifs is 9. The zero-order chi connectivity index (χ0) is 41.4. The molecule has 2 atom stereocenters. The Morgan fingerprint density at radius 1 is 0.460 bits per heavy atom. The lowest BCUT2D eigenvalue weighted by molar-refractivity contribution is 0.411. The van der Waals surface area contributed by atoms with Crippen LogP contribution in [0, 0.1) is 0 Å². The van der Waals surface area contributed by atoms with Gasteiger partial charge in [0.25, 0.3) is 0 Å². The van der Waals surface area contributed by atoms with Gasteiger partial charge in [0.1, 0.15) is 29.3 Å². The van der Waals surface area contributed by atoms with Gasteiger partial charge in [-0.1, -0.05) is 146 Å². The second-order valence-electron chi connectivity index (χ2n) is 16.4. The predicted octanol–water partition coefficient (Wildman–Crippen LogP) is 14.7. The molecule has 0 saturated heterocycles.